The van der Waals surface area contributed by atoms with Gasteiger partial charge in [-0.1, -0.05) is 0 Å². The molecule has 0 spiro atoms. The van der Waals surface area contributed by atoms with Crippen LogP contribution in [0.5, 0.6) is 0 Å². The van der Waals surface area contributed by atoms with E-state index >= 15 is 0 Å². The Morgan fingerprint density at radius 3 is 2.50 bits per heavy atom. The van der Waals surface area contributed by atoms with E-state index in [1.807, 2.05) is 0 Å². The normalized spacial score (nSPS) is 40.6. The van der Waals surface area contributed by atoms with E-state index in [1.54, 1.807) is 0 Å². The van der Waals surface area contributed by atoms with Crippen molar-refractivity contribution < 1.29 is 52.4 Å². The number of hydrogen-bond acceptors (Lipinski definition) is 7. The van der Waals surface area contributed by atoms with Crippen LogP contribution in [0.4, 0.5) is 0 Å². The smallest absolute Gasteiger partial charge is 0.329 e. The number of ether oxygens (including phenoxy) is 1. The Morgan fingerprint density at radius 2 is 1.95 bits per heavy atom. The molecule has 2 aliphatic rings. The zero-order valence-corrected chi connectivity index (χ0v) is 13.1. The van der Waals surface area contributed by atoms with Crippen molar-refractivity contribution >= 4 is 23.6 Å². The van der Waals surface area contributed by atoms with Crippen LogP contribution in [0.3, 0.4) is 0 Å². The van der Waals surface area contributed by atoms with E-state index in [9.17, 15) is 24.9 Å². The lowest BCUT2D eigenvalue weighted by atomic mass is 10.0. The topological polar surface area (TPSA) is 135 Å². The van der Waals surface area contributed by atoms with Crippen LogP contribution in [0.2, 0.25) is 0 Å². The zero-order valence-electron chi connectivity index (χ0n) is 10.7. The highest BCUT2D eigenvalue weighted by Crippen LogP contribution is 2.36. The van der Waals surface area contributed by atoms with Crippen LogP contribution in [0.25, 0.3) is 0 Å². The molecule has 0 unspecified atom stereocenters. The number of nitrogens with zero attached hydrogens (tertiary/aromatic N) is 1. The van der Waals surface area contributed by atoms with E-state index in [0.717, 1.165) is 4.90 Å². The van der Waals surface area contributed by atoms with Crippen molar-refractivity contribution in [3.05, 3.63) is 0 Å². The molecule has 20 heavy (non-hydrogen) atoms. The number of thioether (sulfide) groups is 1. The first-order chi connectivity index (χ1) is 8.90. The van der Waals surface area contributed by atoms with Gasteiger partial charge in [0.25, 0.3) is 5.91 Å². The third-order valence-electron chi connectivity index (χ3n) is 3.48. The van der Waals surface area contributed by atoms with Gasteiger partial charge in [-0.3, -0.25) is 4.79 Å². The van der Waals surface area contributed by atoms with Gasteiger partial charge in [-0.2, -0.15) is 0 Å². The molecule has 0 bridgehead atoms. The number of halogens is 1. The fourth-order valence-electron chi connectivity index (χ4n) is 2.33. The lowest BCUT2D eigenvalue weighted by Crippen LogP contribution is -3.00. The molecule has 6 atom stereocenters. The van der Waals surface area contributed by atoms with Gasteiger partial charge in [0.15, 0.2) is 6.04 Å². The summed E-state index contributed by atoms with van der Waals surface area (Å²) < 4.78 is 4.62. The van der Waals surface area contributed by atoms with Gasteiger partial charge in [0.1, 0.15) is 29.7 Å². The molecule has 8 nitrogen and oxygen atoms in total. The van der Waals surface area contributed by atoms with Gasteiger partial charge < -0.3 is 47.7 Å². The molecular formula is C10H17BrN2O6S. The maximum atomic E-state index is 12.2. The van der Waals surface area contributed by atoms with Crippen molar-refractivity contribution in [2.75, 3.05) is 12.9 Å². The Balaban J connectivity index is 0.00000200. The van der Waals surface area contributed by atoms with Gasteiger partial charge in [-0.15, -0.1) is 11.8 Å². The second kappa shape index (κ2) is 6.58. The summed E-state index contributed by atoms with van der Waals surface area (Å²) in [7, 11) is 1.21. The first kappa shape index (κ1) is 17.7. The summed E-state index contributed by atoms with van der Waals surface area (Å²) in [5.74, 6) is -0.891. The summed E-state index contributed by atoms with van der Waals surface area (Å²) in [6.45, 7) is 0. The molecular weight excluding hydrogens is 356 g/mol. The SMILES string of the molecule is COC(=O)[C@@H]1CS[C@@H]2[C@H](O)[C@@H](O)[C@H](O)[C@H]([NH3+])C(=O)N21.[Br-]. The molecule has 0 aromatic carbocycles. The van der Waals surface area contributed by atoms with Crippen molar-refractivity contribution in [3.63, 3.8) is 0 Å². The molecule has 0 aromatic rings. The molecule has 0 radical (unpaired) electrons. The van der Waals surface area contributed by atoms with Gasteiger partial charge in [0, 0.05) is 5.75 Å². The Bertz CT molecular complexity index is 400. The average Bonchev–Trinajstić information content (AvgIpc) is 2.84. The van der Waals surface area contributed by atoms with E-state index < -0.39 is 47.6 Å². The quantitative estimate of drug-likeness (QED) is 0.336. The highest BCUT2D eigenvalue weighted by atomic mass is 79.9. The molecule has 2 fully saturated rings. The molecule has 116 valence electrons. The van der Waals surface area contributed by atoms with E-state index in [0.29, 0.717) is 0 Å². The molecule has 6 N–H and O–H groups in total. The molecule has 10 heteroatoms. The predicted molar refractivity (Wildman–Crippen MR) is 63.6 cm³/mol. The Kier molecular flexibility index (Phi) is 5.81. The fourth-order valence-corrected chi connectivity index (χ4v) is 3.78. The second-order valence-corrected chi connectivity index (χ2v) is 5.74. The molecule has 2 rings (SSSR count). The third-order valence-corrected chi connectivity index (χ3v) is 4.84. The van der Waals surface area contributed by atoms with Gasteiger partial charge in [-0.05, 0) is 0 Å². The molecule has 0 aromatic heterocycles. The zero-order chi connectivity index (χ0) is 14.3. The van der Waals surface area contributed by atoms with E-state index in [4.69, 9.17) is 0 Å². The number of aliphatic hydroxyl groups excluding tert-OH is 3. The van der Waals surface area contributed by atoms with Crippen LogP contribution in [-0.4, -0.2) is 80.7 Å². The van der Waals surface area contributed by atoms with E-state index in [2.05, 4.69) is 10.5 Å². The van der Waals surface area contributed by atoms with Crippen molar-refractivity contribution in [2.45, 2.75) is 35.8 Å². The van der Waals surface area contributed by atoms with E-state index in [-0.39, 0.29) is 22.7 Å². The number of aliphatic hydroxyl groups is 3. The van der Waals surface area contributed by atoms with Crippen LogP contribution < -0.4 is 22.7 Å². The monoisotopic (exact) mass is 372 g/mol. The van der Waals surface area contributed by atoms with Gasteiger partial charge in [-0.25, -0.2) is 4.79 Å². The first-order valence-electron chi connectivity index (χ1n) is 5.79. The Morgan fingerprint density at radius 1 is 1.35 bits per heavy atom. The van der Waals surface area contributed by atoms with Crippen molar-refractivity contribution in [1.29, 1.82) is 0 Å². The number of rotatable bonds is 1. The second-order valence-electron chi connectivity index (χ2n) is 4.59. The number of hydrogen-bond donors (Lipinski definition) is 4. The van der Waals surface area contributed by atoms with Crippen LogP contribution in [0, 0.1) is 0 Å². The van der Waals surface area contributed by atoms with Gasteiger partial charge in [0.2, 0.25) is 0 Å². The Labute approximate surface area is 130 Å². The minimum absolute atomic E-state index is 0. The molecule has 1 amide bonds. The number of methoxy groups -OCH3 is 1. The van der Waals surface area contributed by atoms with Crippen LogP contribution in [0.15, 0.2) is 0 Å². The first-order valence-corrected chi connectivity index (χ1v) is 6.84. The van der Waals surface area contributed by atoms with Crippen molar-refractivity contribution in [3.8, 4) is 0 Å². The predicted octanol–water partition coefficient (Wildman–Crippen LogP) is -6.86. The minimum Gasteiger partial charge on any atom is -1.00 e. The van der Waals surface area contributed by atoms with E-state index in [1.165, 1.54) is 18.9 Å². The number of fused-ring (bicyclic) bond motifs is 1. The number of amides is 1. The summed E-state index contributed by atoms with van der Waals surface area (Å²) in [6, 6.07) is -1.97. The summed E-state index contributed by atoms with van der Waals surface area (Å²) in [5.41, 5.74) is 3.51. The lowest BCUT2D eigenvalue weighted by Gasteiger charge is -2.28. The third kappa shape index (κ3) is 2.68. The summed E-state index contributed by atoms with van der Waals surface area (Å²) in [4.78, 5) is 25.0. The lowest BCUT2D eigenvalue weighted by molar-refractivity contribution is -0.426. The number of esters is 1. The van der Waals surface area contributed by atoms with Crippen molar-refractivity contribution in [1.82, 2.24) is 4.90 Å². The minimum atomic E-state index is -1.48. The molecule has 2 heterocycles. The molecule has 2 aliphatic heterocycles. The number of carbonyl (C=O) groups excluding carboxylic acids is 2. The highest BCUT2D eigenvalue weighted by Gasteiger charge is 2.54. The van der Waals surface area contributed by atoms with Crippen LogP contribution >= 0.6 is 11.8 Å². The summed E-state index contributed by atoms with van der Waals surface area (Å²) in [5, 5.41) is 28.8. The number of quaternary nitrogens is 1. The number of carbonyl (C=O) groups is 2. The maximum Gasteiger partial charge on any atom is 0.329 e. The maximum absolute atomic E-state index is 12.2. The Hall–Kier alpha value is -0.390. The van der Waals surface area contributed by atoms with Crippen molar-refractivity contribution in [2.24, 2.45) is 0 Å². The van der Waals surface area contributed by atoms with Crippen LogP contribution in [0.1, 0.15) is 0 Å². The summed E-state index contributed by atoms with van der Waals surface area (Å²) >= 11 is 1.17. The van der Waals surface area contributed by atoms with Crippen LogP contribution in [-0.2, 0) is 14.3 Å². The average molecular weight is 373 g/mol. The summed E-state index contributed by atoms with van der Waals surface area (Å²) in [6.07, 6.45) is -4.29. The fraction of sp³-hybridized carbons (Fsp3) is 0.800. The molecule has 2 saturated heterocycles. The highest BCUT2D eigenvalue weighted by molar-refractivity contribution is 8.00. The van der Waals surface area contributed by atoms with Gasteiger partial charge >= 0.3 is 5.97 Å². The standard InChI is InChI=1S/C10H16N2O6S.BrH/c1-18-10(17)3-2-19-9-7(15)6(14)5(13)4(11)8(16)12(3)9;/h3-7,9,13-15H,2,11H2,1H3;1H/t3-,4-,5+,6-,7+,9+;/m0./s1. The largest absolute Gasteiger partial charge is 1.00 e. The molecule has 0 saturated carbocycles. The van der Waals surface area contributed by atoms with Gasteiger partial charge in [0.05, 0.1) is 7.11 Å². The molecule has 0 aliphatic carbocycles.